The Morgan fingerprint density at radius 1 is 0.733 bits per heavy atom. The Morgan fingerprint density at radius 3 is 1.57 bits per heavy atom. The van der Waals surface area contributed by atoms with Crippen LogP contribution in [0.2, 0.25) is 0 Å². The van der Waals surface area contributed by atoms with E-state index in [1.165, 1.54) is 36.4 Å². The number of aryl methyl sites for hydroxylation is 2. The van der Waals surface area contributed by atoms with E-state index in [0.29, 0.717) is 10.7 Å². The normalized spacial score (nSPS) is 18.7. The van der Waals surface area contributed by atoms with Crippen LogP contribution in [-0.2, 0) is 24.8 Å². The zero-order chi connectivity index (χ0) is 21.9. The monoisotopic (exact) mass is 448 g/mol. The van der Waals surface area contributed by atoms with Gasteiger partial charge in [0.05, 0.1) is 9.79 Å². The number of amides is 3. The molecule has 1 aliphatic carbocycles. The highest BCUT2D eigenvalue weighted by molar-refractivity contribution is 7.91. The van der Waals surface area contributed by atoms with Crippen LogP contribution in [0.25, 0.3) is 0 Å². The van der Waals surface area contributed by atoms with Crippen LogP contribution in [0.5, 0.6) is 0 Å². The van der Waals surface area contributed by atoms with Gasteiger partial charge in [-0.05, 0) is 57.4 Å². The first-order valence-corrected chi connectivity index (χ1v) is 12.2. The number of rotatable bonds is 4. The first-order chi connectivity index (χ1) is 14.0. The number of urea groups is 1. The smallest absolute Gasteiger partial charge is 0.270 e. The van der Waals surface area contributed by atoms with E-state index in [2.05, 4.69) is 0 Å². The summed E-state index contributed by atoms with van der Waals surface area (Å²) < 4.78 is 53.4. The second kappa shape index (κ2) is 6.64. The second-order valence-corrected chi connectivity index (χ2v) is 11.2. The summed E-state index contributed by atoms with van der Waals surface area (Å²) in [6, 6.07) is 10.1. The molecule has 0 unspecified atom stereocenters. The van der Waals surface area contributed by atoms with Crippen LogP contribution in [-0.4, -0.2) is 42.9 Å². The average molecular weight is 449 g/mol. The molecule has 3 amide bonds. The van der Waals surface area contributed by atoms with Crippen LogP contribution in [0.3, 0.4) is 0 Å². The SMILES string of the molecule is Cc1ccc(S(=O)(=O)N2C(=O)N(S(=O)(=O)c3ccc(C)cc3)C3(CCC3)C2=O)cc1. The van der Waals surface area contributed by atoms with Crippen molar-refractivity contribution in [1.82, 2.24) is 8.61 Å². The number of carbonyl (C=O) groups excluding carboxylic acids is 2. The lowest BCUT2D eigenvalue weighted by molar-refractivity contribution is -0.132. The number of carbonyl (C=O) groups is 2. The third-order valence-electron chi connectivity index (χ3n) is 5.62. The van der Waals surface area contributed by atoms with Crippen molar-refractivity contribution in [2.75, 3.05) is 0 Å². The van der Waals surface area contributed by atoms with Crippen molar-refractivity contribution < 1.29 is 26.4 Å². The van der Waals surface area contributed by atoms with Crippen molar-refractivity contribution in [3.63, 3.8) is 0 Å². The Hall–Kier alpha value is -2.72. The van der Waals surface area contributed by atoms with Crippen LogP contribution in [0.15, 0.2) is 58.3 Å². The minimum absolute atomic E-state index is 0.0859. The van der Waals surface area contributed by atoms with Gasteiger partial charge >= 0.3 is 6.03 Å². The highest BCUT2D eigenvalue weighted by Crippen LogP contribution is 2.48. The molecule has 0 N–H and O–H groups in total. The summed E-state index contributed by atoms with van der Waals surface area (Å²) in [6.45, 7) is 3.55. The van der Waals surface area contributed by atoms with Gasteiger partial charge in [-0.15, -0.1) is 4.31 Å². The van der Waals surface area contributed by atoms with Gasteiger partial charge in [0, 0.05) is 0 Å². The average Bonchev–Trinajstić information content (AvgIpc) is 2.90. The summed E-state index contributed by atoms with van der Waals surface area (Å²) in [4.78, 5) is 25.9. The molecule has 4 rings (SSSR count). The Bertz CT molecular complexity index is 1250. The molecule has 0 bridgehead atoms. The van der Waals surface area contributed by atoms with Gasteiger partial charge < -0.3 is 0 Å². The maximum absolute atomic E-state index is 13.3. The fourth-order valence-electron chi connectivity index (χ4n) is 3.73. The number of hydrogen-bond donors (Lipinski definition) is 0. The maximum Gasteiger partial charge on any atom is 0.356 e. The van der Waals surface area contributed by atoms with Crippen molar-refractivity contribution in [2.24, 2.45) is 0 Å². The molecule has 2 fully saturated rings. The number of sulfonamides is 2. The Labute approximate surface area is 175 Å². The Balaban J connectivity index is 1.84. The highest BCUT2D eigenvalue weighted by Gasteiger charge is 2.67. The molecule has 8 nitrogen and oxygen atoms in total. The molecule has 2 aromatic rings. The van der Waals surface area contributed by atoms with Gasteiger partial charge in [-0.25, -0.2) is 25.9 Å². The van der Waals surface area contributed by atoms with Crippen molar-refractivity contribution in [3.8, 4) is 0 Å². The summed E-state index contributed by atoms with van der Waals surface area (Å²) in [7, 11) is -8.99. The van der Waals surface area contributed by atoms with Gasteiger partial charge in [-0.3, -0.25) is 4.79 Å². The topological polar surface area (TPSA) is 109 Å². The van der Waals surface area contributed by atoms with Gasteiger partial charge in [-0.1, -0.05) is 35.4 Å². The molecular formula is C20H20N2O6S2. The van der Waals surface area contributed by atoms with Crippen LogP contribution < -0.4 is 0 Å². The predicted octanol–water partition coefficient (Wildman–Crippen LogP) is 2.57. The van der Waals surface area contributed by atoms with Crippen LogP contribution in [0.4, 0.5) is 4.79 Å². The molecule has 2 aliphatic rings. The maximum atomic E-state index is 13.3. The number of nitrogens with zero attached hydrogens (tertiary/aromatic N) is 2. The first kappa shape index (κ1) is 20.5. The van der Waals surface area contributed by atoms with E-state index in [-0.39, 0.29) is 26.9 Å². The van der Waals surface area contributed by atoms with E-state index in [4.69, 9.17) is 0 Å². The fourth-order valence-corrected chi connectivity index (χ4v) is 6.85. The van der Waals surface area contributed by atoms with Crippen molar-refractivity contribution >= 4 is 32.0 Å². The van der Waals surface area contributed by atoms with Crippen molar-refractivity contribution in [2.45, 2.75) is 48.4 Å². The van der Waals surface area contributed by atoms with Gasteiger partial charge in [0.2, 0.25) is 0 Å². The van der Waals surface area contributed by atoms with Gasteiger partial charge in [0.25, 0.3) is 26.0 Å². The van der Waals surface area contributed by atoms with Gasteiger partial charge in [0.1, 0.15) is 5.54 Å². The third-order valence-corrected chi connectivity index (χ3v) is 9.14. The molecule has 1 spiro atoms. The van der Waals surface area contributed by atoms with Crippen LogP contribution in [0, 0.1) is 13.8 Å². The number of hydrogen-bond acceptors (Lipinski definition) is 6. The molecular weight excluding hydrogens is 428 g/mol. The molecule has 30 heavy (non-hydrogen) atoms. The van der Waals surface area contributed by atoms with Crippen LogP contribution >= 0.6 is 0 Å². The summed E-state index contributed by atoms with van der Waals surface area (Å²) in [6.07, 6.45) is 0.683. The largest absolute Gasteiger partial charge is 0.356 e. The third kappa shape index (κ3) is 2.78. The molecule has 158 valence electrons. The van der Waals surface area contributed by atoms with E-state index in [1.54, 1.807) is 26.0 Å². The molecule has 0 aromatic heterocycles. The predicted molar refractivity (Wildman–Crippen MR) is 107 cm³/mol. The molecule has 10 heteroatoms. The first-order valence-electron chi connectivity index (χ1n) is 9.34. The molecule has 1 aliphatic heterocycles. The zero-order valence-electron chi connectivity index (χ0n) is 16.4. The summed E-state index contributed by atoms with van der Waals surface area (Å²) >= 11 is 0. The van der Waals surface area contributed by atoms with Gasteiger partial charge in [-0.2, -0.15) is 0 Å². The lowest BCUT2D eigenvalue weighted by Gasteiger charge is -2.40. The van der Waals surface area contributed by atoms with E-state index < -0.39 is 37.5 Å². The minimum Gasteiger partial charge on any atom is -0.270 e. The Kier molecular flexibility index (Phi) is 4.55. The molecule has 1 saturated heterocycles. The van der Waals surface area contributed by atoms with E-state index in [9.17, 15) is 26.4 Å². The fraction of sp³-hybridized carbons (Fsp3) is 0.300. The van der Waals surface area contributed by atoms with E-state index >= 15 is 0 Å². The molecule has 2 aromatic carbocycles. The van der Waals surface area contributed by atoms with Gasteiger partial charge in [0.15, 0.2) is 0 Å². The van der Waals surface area contributed by atoms with E-state index in [1.807, 2.05) is 0 Å². The molecule has 1 heterocycles. The zero-order valence-corrected chi connectivity index (χ0v) is 18.0. The highest BCUT2D eigenvalue weighted by atomic mass is 32.2. The minimum atomic E-state index is -4.56. The second-order valence-electron chi connectivity index (χ2n) is 7.64. The number of imide groups is 1. The Morgan fingerprint density at radius 2 is 1.17 bits per heavy atom. The lowest BCUT2D eigenvalue weighted by atomic mass is 9.77. The molecule has 0 radical (unpaired) electrons. The lowest BCUT2D eigenvalue weighted by Crippen LogP contribution is -2.56. The summed E-state index contributed by atoms with van der Waals surface area (Å²) in [5.41, 5.74) is -0.0785. The molecule has 1 saturated carbocycles. The standard InChI is InChI=1S/C20H20N2O6S2/c1-14-4-8-16(9-5-14)29(25,26)21-18(23)20(12-3-13-20)22(19(21)24)30(27,28)17-10-6-15(2)7-11-17/h4-11H,3,12-13H2,1-2H3. The van der Waals surface area contributed by atoms with E-state index in [0.717, 1.165) is 11.1 Å². The van der Waals surface area contributed by atoms with Crippen molar-refractivity contribution in [1.29, 1.82) is 0 Å². The molecule has 0 atom stereocenters. The number of benzene rings is 2. The van der Waals surface area contributed by atoms with Crippen LogP contribution in [0.1, 0.15) is 30.4 Å². The summed E-state index contributed by atoms with van der Waals surface area (Å²) in [5, 5.41) is 0. The van der Waals surface area contributed by atoms with Crippen molar-refractivity contribution in [3.05, 3.63) is 59.7 Å². The quantitative estimate of drug-likeness (QED) is 0.665. The summed E-state index contributed by atoms with van der Waals surface area (Å²) in [5.74, 6) is -1.02.